The third kappa shape index (κ3) is 9.17. The Morgan fingerprint density at radius 1 is 0.762 bits per heavy atom. The van der Waals surface area contributed by atoms with Gasteiger partial charge in [-0.1, -0.05) is 51.2 Å². The highest BCUT2D eigenvalue weighted by atomic mass is 16.3. The van der Waals surface area contributed by atoms with Crippen molar-refractivity contribution in [1.82, 2.24) is 0 Å². The fourth-order valence-electron chi connectivity index (χ4n) is 2.48. The first-order valence-electron chi connectivity index (χ1n) is 8.39. The Balaban J connectivity index is 1.98. The van der Waals surface area contributed by atoms with Gasteiger partial charge >= 0.3 is 0 Å². The van der Waals surface area contributed by atoms with Gasteiger partial charge in [-0.3, -0.25) is 0 Å². The van der Waals surface area contributed by atoms with Crippen LogP contribution >= 0.6 is 0 Å². The average Bonchev–Trinajstić information content (AvgIpc) is 2.44. The summed E-state index contributed by atoms with van der Waals surface area (Å²) in [6.07, 6.45) is 16.8. The van der Waals surface area contributed by atoms with Gasteiger partial charge in [0.05, 0.1) is 0 Å². The van der Waals surface area contributed by atoms with Crippen LogP contribution in [0.15, 0.2) is 30.4 Å². The van der Waals surface area contributed by atoms with Crippen LogP contribution in [0, 0.1) is 0 Å². The Bertz CT molecular complexity index is 390. The van der Waals surface area contributed by atoms with Crippen LogP contribution in [0.1, 0.15) is 70.3 Å². The van der Waals surface area contributed by atoms with Crippen molar-refractivity contribution >= 4 is 0 Å². The van der Waals surface area contributed by atoms with Crippen LogP contribution in [0.5, 0.6) is 11.5 Å². The van der Waals surface area contributed by atoms with Gasteiger partial charge in [0.1, 0.15) is 11.5 Å². The molecule has 0 atom stereocenters. The first-order chi connectivity index (χ1) is 10.2. The minimum absolute atomic E-state index is 0.153. The van der Waals surface area contributed by atoms with Gasteiger partial charge in [-0.2, -0.15) is 0 Å². The molecule has 0 fully saturated rings. The zero-order valence-corrected chi connectivity index (χ0v) is 13.4. The summed E-state index contributed by atoms with van der Waals surface area (Å²) in [7, 11) is 0. The molecule has 2 N–H and O–H groups in total. The summed E-state index contributed by atoms with van der Waals surface area (Å²) in [4.78, 5) is 0. The highest BCUT2D eigenvalue weighted by Crippen LogP contribution is 2.22. The van der Waals surface area contributed by atoms with Crippen molar-refractivity contribution in [2.75, 3.05) is 0 Å². The molecule has 21 heavy (non-hydrogen) atoms. The van der Waals surface area contributed by atoms with E-state index in [0.717, 1.165) is 18.4 Å². The molecule has 0 aliphatic carbocycles. The molecule has 1 aromatic carbocycles. The molecule has 2 heteroatoms. The number of phenolic OH excluding ortho intramolecular Hbond substituents is 2. The molecule has 0 aliphatic rings. The van der Waals surface area contributed by atoms with Crippen molar-refractivity contribution in [3.8, 4) is 11.5 Å². The standard InChI is InChI=1S/C19H30O2/c1-2-3-4-5-6-7-8-9-10-11-12-13-17-14-18(20)16-19(21)15-17/h5-6,14-16,20-21H,2-4,7-13H2,1H3. The predicted octanol–water partition coefficient (Wildman–Crippen LogP) is 5.73. The lowest BCUT2D eigenvalue weighted by molar-refractivity contribution is 0.449. The Morgan fingerprint density at radius 2 is 1.33 bits per heavy atom. The topological polar surface area (TPSA) is 40.5 Å². The van der Waals surface area contributed by atoms with Gasteiger partial charge < -0.3 is 10.2 Å². The van der Waals surface area contributed by atoms with Gasteiger partial charge in [-0.25, -0.2) is 0 Å². The molecule has 0 bridgehead atoms. The van der Waals surface area contributed by atoms with Crippen molar-refractivity contribution in [1.29, 1.82) is 0 Å². The minimum atomic E-state index is 0.153. The lowest BCUT2D eigenvalue weighted by atomic mass is 10.0. The number of hydrogen-bond acceptors (Lipinski definition) is 2. The predicted molar refractivity (Wildman–Crippen MR) is 89.8 cm³/mol. The van der Waals surface area contributed by atoms with Crippen LogP contribution in [0.2, 0.25) is 0 Å². The fraction of sp³-hybridized carbons (Fsp3) is 0.579. The van der Waals surface area contributed by atoms with E-state index >= 15 is 0 Å². The van der Waals surface area contributed by atoms with E-state index in [-0.39, 0.29) is 11.5 Å². The summed E-state index contributed by atoms with van der Waals surface area (Å²) in [5.74, 6) is 0.305. The number of allylic oxidation sites excluding steroid dienone is 2. The summed E-state index contributed by atoms with van der Waals surface area (Å²) >= 11 is 0. The van der Waals surface area contributed by atoms with Gasteiger partial charge in [0.2, 0.25) is 0 Å². The molecule has 0 unspecified atom stereocenters. The first kappa shape index (κ1) is 17.6. The van der Waals surface area contributed by atoms with Crippen molar-refractivity contribution in [3.05, 3.63) is 35.9 Å². The van der Waals surface area contributed by atoms with Gasteiger partial charge in [-0.05, 0) is 49.8 Å². The molecular formula is C19H30O2. The zero-order chi connectivity index (χ0) is 15.3. The van der Waals surface area contributed by atoms with Crippen molar-refractivity contribution in [2.24, 2.45) is 0 Å². The van der Waals surface area contributed by atoms with Gasteiger partial charge in [0.15, 0.2) is 0 Å². The molecule has 0 amide bonds. The number of aryl methyl sites for hydroxylation is 1. The van der Waals surface area contributed by atoms with Crippen LogP contribution in [0.4, 0.5) is 0 Å². The second-order valence-electron chi connectivity index (χ2n) is 5.78. The molecule has 0 heterocycles. The van der Waals surface area contributed by atoms with E-state index in [1.165, 1.54) is 57.4 Å². The molecule has 1 rings (SSSR count). The molecule has 0 aromatic heterocycles. The van der Waals surface area contributed by atoms with Gasteiger partial charge in [-0.15, -0.1) is 0 Å². The lowest BCUT2D eigenvalue weighted by Gasteiger charge is -2.04. The summed E-state index contributed by atoms with van der Waals surface area (Å²) in [6.45, 7) is 2.23. The Kier molecular flexibility index (Phi) is 9.43. The Hall–Kier alpha value is -1.44. The average molecular weight is 290 g/mol. The molecule has 118 valence electrons. The van der Waals surface area contributed by atoms with Crippen molar-refractivity contribution in [3.63, 3.8) is 0 Å². The van der Waals surface area contributed by atoms with E-state index in [9.17, 15) is 10.2 Å². The summed E-state index contributed by atoms with van der Waals surface area (Å²) in [5, 5.41) is 18.8. The SMILES string of the molecule is CCCCC=CCCCCCCCc1cc(O)cc(O)c1. The van der Waals surface area contributed by atoms with E-state index in [1.807, 2.05) is 0 Å². The highest BCUT2D eigenvalue weighted by molar-refractivity contribution is 5.36. The van der Waals surface area contributed by atoms with E-state index in [4.69, 9.17) is 0 Å². The maximum atomic E-state index is 9.40. The maximum Gasteiger partial charge on any atom is 0.119 e. The monoisotopic (exact) mass is 290 g/mol. The van der Waals surface area contributed by atoms with Crippen molar-refractivity contribution in [2.45, 2.75) is 71.1 Å². The molecule has 0 aliphatic heterocycles. The number of rotatable bonds is 11. The number of unbranched alkanes of at least 4 members (excludes halogenated alkanes) is 7. The molecule has 2 nitrogen and oxygen atoms in total. The number of phenols is 2. The van der Waals surface area contributed by atoms with Crippen LogP contribution in [-0.4, -0.2) is 10.2 Å². The molecular weight excluding hydrogens is 260 g/mol. The number of hydrogen-bond donors (Lipinski definition) is 2. The van der Waals surface area contributed by atoms with Gasteiger partial charge in [0.25, 0.3) is 0 Å². The number of aromatic hydroxyl groups is 2. The largest absolute Gasteiger partial charge is 0.508 e. The molecule has 0 spiro atoms. The van der Waals surface area contributed by atoms with E-state index in [2.05, 4.69) is 19.1 Å². The van der Waals surface area contributed by atoms with Crippen LogP contribution in [0.25, 0.3) is 0 Å². The Labute approximate surface area is 129 Å². The molecule has 0 saturated carbocycles. The van der Waals surface area contributed by atoms with Gasteiger partial charge in [0, 0.05) is 6.07 Å². The summed E-state index contributed by atoms with van der Waals surface area (Å²) < 4.78 is 0. The first-order valence-corrected chi connectivity index (χ1v) is 8.39. The maximum absolute atomic E-state index is 9.40. The van der Waals surface area contributed by atoms with E-state index < -0.39 is 0 Å². The zero-order valence-electron chi connectivity index (χ0n) is 13.4. The molecule has 1 aromatic rings. The third-order valence-corrected chi connectivity index (χ3v) is 3.69. The smallest absolute Gasteiger partial charge is 0.119 e. The quantitative estimate of drug-likeness (QED) is 0.404. The molecule has 0 saturated heterocycles. The van der Waals surface area contributed by atoms with Crippen LogP contribution < -0.4 is 0 Å². The fourth-order valence-corrected chi connectivity index (χ4v) is 2.48. The van der Waals surface area contributed by atoms with E-state index in [1.54, 1.807) is 12.1 Å². The van der Waals surface area contributed by atoms with Crippen LogP contribution in [-0.2, 0) is 6.42 Å². The van der Waals surface area contributed by atoms with E-state index in [0.29, 0.717) is 0 Å². The summed E-state index contributed by atoms with van der Waals surface area (Å²) in [6, 6.07) is 4.85. The van der Waals surface area contributed by atoms with Crippen LogP contribution in [0.3, 0.4) is 0 Å². The molecule has 0 radical (unpaired) electrons. The second-order valence-corrected chi connectivity index (χ2v) is 5.78. The van der Waals surface area contributed by atoms with Crippen molar-refractivity contribution < 1.29 is 10.2 Å². The lowest BCUT2D eigenvalue weighted by Crippen LogP contribution is -1.86. The summed E-state index contributed by atoms with van der Waals surface area (Å²) in [5.41, 5.74) is 1.02. The third-order valence-electron chi connectivity index (χ3n) is 3.69. The second kappa shape index (κ2) is 11.2. The minimum Gasteiger partial charge on any atom is -0.508 e. The highest BCUT2D eigenvalue weighted by Gasteiger charge is 1.99. The number of benzene rings is 1. The Morgan fingerprint density at radius 3 is 2.00 bits per heavy atom. The normalized spacial score (nSPS) is 11.3.